The van der Waals surface area contributed by atoms with E-state index in [2.05, 4.69) is 22.5 Å². The van der Waals surface area contributed by atoms with Crippen molar-refractivity contribution in [1.82, 2.24) is 25.5 Å². The first-order chi connectivity index (χ1) is 26.1. The molecule has 15 heteroatoms. The van der Waals surface area contributed by atoms with Crippen LogP contribution < -0.4 is 25.4 Å². The van der Waals surface area contributed by atoms with Gasteiger partial charge in [-0.25, -0.2) is 19.6 Å². The normalized spacial score (nSPS) is 27.2. The molecule has 1 aliphatic heterocycles. The van der Waals surface area contributed by atoms with Crippen LogP contribution in [0.3, 0.4) is 0 Å². The van der Waals surface area contributed by atoms with Crippen LogP contribution in [0.25, 0.3) is 22.3 Å². The minimum atomic E-state index is -1.51. The van der Waals surface area contributed by atoms with Crippen LogP contribution in [0.4, 0.5) is 9.93 Å². The number of ether oxygens (including phenoxy) is 3. The highest BCUT2D eigenvalue weighted by Crippen LogP contribution is 2.52. The van der Waals surface area contributed by atoms with Gasteiger partial charge in [0.1, 0.15) is 47.0 Å². The van der Waals surface area contributed by atoms with Gasteiger partial charge in [0.25, 0.3) is 0 Å². The van der Waals surface area contributed by atoms with Crippen LogP contribution in [0, 0.1) is 23.2 Å². The van der Waals surface area contributed by atoms with Crippen LogP contribution in [0.5, 0.6) is 11.5 Å². The molecule has 3 aromatic rings. The summed E-state index contributed by atoms with van der Waals surface area (Å²) >= 11 is 1.46. The number of alkyl carbamates (subject to hydrolysis) is 1. The quantitative estimate of drug-likeness (QED) is 0.158. The number of rotatable bonds is 13. The Morgan fingerprint density at radius 2 is 1.80 bits per heavy atom. The molecule has 0 unspecified atom stereocenters. The average molecular weight is 775 g/mol. The predicted molar refractivity (Wildman–Crippen MR) is 207 cm³/mol. The van der Waals surface area contributed by atoms with Gasteiger partial charge in [-0.3, -0.25) is 9.59 Å². The summed E-state index contributed by atoms with van der Waals surface area (Å²) in [5.74, 6) is -0.456. The third-order valence-corrected chi connectivity index (χ3v) is 11.9. The van der Waals surface area contributed by atoms with Gasteiger partial charge >= 0.3 is 12.1 Å². The first-order valence-corrected chi connectivity index (χ1v) is 19.8. The number of thiazole rings is 1. The van der Waals surface area contributed by atoms with Crippen molar-refractivity contribution in [2.24, 2.45) is 23.2 Å². The number of benzene rings is 1. The van der Waals surface area contributed by atoms with Gasteiger partial charge < -0.3 is 40.2 Å². The molecule has 8 atom stereocenters. The van der Waals surface area contributed by atoms with Crippen molar-refractivity contribution in [3.05, 3.63) is 42.3 Å². The summed E-state index contributed by atoms with van der Waals surface area (Å²) in [5.41, 5.74) is -0.476. The standard InChI is InChI=1S/C40H50N6O8S/c1-8-23-17-40(23,36(49)50)45-34(47)31-15-26(18-46(31)35(48)33(39(4,5)6)44-38(51)54-25-12-21-11-22(21)13-25)53-32-16-29(30-19-55-37(43-30)41-20(2)3)42-28-14-24(52-7)9-10-27(28)32/h8-10,14,16,19-23,25-26,31,33H,1,11-13,15,17-18H2,2-7H3,(H,41,43)(H,44,51)(H,45,47)(H,49,50)/t21-,22+,23-,25+,26-,31+,33-,40-/m1/s1. The van der Waals surface area contributed by atoms with Gasteiger partial charge in [0.2, 0.25) is 11.8 Å². The van der Waals surface area contributed by atoms with E-state index in [0.29, 0.717) is 45.6 Å². The fourth-order valence-electron chi connectivity index (χ4n) is 7.98. The van der Waals surface area contributed by atoms with Crippen LogP contribution in [-0.4, -0.2) is 93.4 Å². The van der Waals surface area contributed by atoms with Crippen molar-refractivity contribution in [2.45, 2.75) is 103 Å². The fraction of sp³-hybridized carbons (Fsp3) is 0.550. The summed E-state index contributed by atoms with van der Waals surface area (Å²) in [7, 11) is 1.58. The van der Waals surface area contributed by atoms with Crippen molar-refractivity contribution in [2.75, 3.05) is 19.0 Å². The summed E-state index contributed by atoms with van der Waals surface area (Å²) in [6.45, 7) is 13.3. The second-order valence-corrected chi connectivity index (χ2v) is 17.6. The van der Waals surface area contributed by atoms with Gasteiger partial charge in [0.05, 0.1) is 24.9 Å². The number of aromatic nitrogens is 2. The van der Waals surface area contributed by atoms with E-state index in [9.17, 15) is 24.3 Å². The number of carbonyl (C=O) groups excluding carboxylic acids is 3. The molecule has 3 heterocycles. The SMILES string of the molecule is C=C[C@@H]1C[C@]1(NC(=O)[C@@H]1C[C@@H](Oc2cc(-c3csc(NC(C)C)n3)nc3cc(OC)ccc23)CN1C(=O)[C@@H](NC(=O)O[C@@H]1C[C@@H]2C[C@@H]2C1)C(C)(C)C)C(=O)O. The Bertz CT molecular complexity index is 2000. The number of hydrogen-bond acceptors (Lipinski definition) is 11. The van der Waals surface area contributed by atoms with Crippen molar-refractivity contribution in [1.29, 1.82) is 0 Å². The highest BCUT2D eigenvalue weighted by Gasteiger charge is 2.61. The second-order valence-electron chi connectivity index (χ2n) is 16.7. The molecule has 1 aromatic carbocycles. The lowest BCUT2D eigenvalue weighted by Crippen LogP contribution is -2.59. The number of carboxylic acid groups (broad SMARTS) is 1. The number of fused-ring (bicyclic) bond motifs is 2. The van der Waals surface area contributed by atoms with Crippen LogP contribution in [-0.2, 0) is 19.1 Å². The first-order valence-electron chi connectivity index (χ1n) is 18.9. The van der Waals surface area contributed by atoms with Crippen LogP contribution >= 0.6 is 11.3 Å². The van der Waals surface area contributed by atoms with Crippen molar-refractivity contribution >= 4 is 51.2 Å². The maximum atomic E-state index is 14.6. The number of anilines is 1. The van der Waals surface area contributed by atoms with E-state index in [-0.39, 0.29) is 31.5 Å². The smallest absolute Gasteiger partial charge is 0.408 e. The number of carbonyl (C=O) groups is 4. The molecule has 0 bridgehead atoms. The Hall–Kier alpha value is -4.92. The zero-order valence-electron chi connectivity index (χ0n) is 32.1. The number of aliphatic carboxylic acids is 1. The van der Waals surface area contributed by atoms with E-state index in [1.165, 1.54) is 28.7 Å². The third-order valence-electron chi connectivity index (χ3n) is 11.2. The third kappa shape index (κ3) is 7.94. The maximum absolute atomic E-state index is 14.6. The molecular formula is C40H50N6O8S. The van der Waals surface area contributed by atoms with Crippen molar-refractivity contribution in [3.63, 3.8) is 0 Å². The molecule has 4 N–H and O–H groups in total. The summed E-state index contributed by atoms with van der Waals surface area (Å²) in [6.07, 6.45) is 3.05. The molecule has 14 nitrogen and oxygen atoms in total. The fourth-order valence-corrected chi connectivity index (χ4v) is 8.83. The Balaban J connectivity index is 1.19. The zero-order chi connectivity index (χ0) is 39.4. The summed E-state index contributed by atoms with van der Waals surface area (Å²) < 4.78 is 17.9. The molecule has 294 valence electrons. The summed E-state index contributed by atoms with van der Waals surface area (Å²) in [5, 5.41) is 22.3. The van der Waals surface area contributed by atoms with E-state index in [4.69, 9.17) is 24.2 Å². The maximum Gasteiger partial charge on any atom is 0.408 e. The molecule has 3 amide bonds. The van der Waals surface area contributed by atoms with E-state index >= 15 is 0 Å². The van der Waals surface area contributed by atoms with Gasteiger partial charge in [0, 0.05) is 41.3 Å². The van der Waals surface area contributed by atoms with Gasteiger partial charge in [-0.1, -0.05) is 26.8 Å². The largest absolute Gasteiger partial charge is 0.497 e. The molecular weight excluding hydrogens is 725 g/mol. The Labute approximate surface area is 324 Å². The molecule has 7 rings (SSSR count). The summed E-state index contributed by atoms with van der Waals surface area (Å²) in [6, 6.07) is 5.27. The number of nitrogens with zero attached hydrogens (tertiary/aromatic N) is 3. The van der Waals surface area contributed by atoms with Crippen molar-refractivity contribution < 1.29 is 38.5 Å². The van der Waals surface area contributed by atoms with E-state index < -0.39 is 58.9 Å². The second kappa shape index (κ2) is 14.6. The van der Waals surface area contributed by atoms with Crippen LogP contribution in [0.1, 0.15) is 66.7 Å². The molecule has 2 aromatic heterocycles. The molecule has 3 aliphatic carbocycles. The molecule has 3 saturated carbocycles. The number of hydrogen-bond donors (Lipinski definition) is 4. The van der Waals surface area contributed by atoms with Crippen LogP contribution in [0.15, 0.2) is 42.3 Å². The van der Waals surface area contributed by atoms with Gasteiger partial charge in [0.15, 0.2) is 5.13 Å². The molecule has 55 heavy (non-hydrogen) atoms. The highest BCUT2D eigenvalue weighted by molar-refractivity contribution is 7.14. The summed E-state index contributed by atoms with van der Waals surface area (Å²) in [4.78, 5) is 65.4. The molecule has 4 fully saturated rings. The molecule has 0 radical (unpaired) electrons. The number of amides is 3. The van der Waals surface area contributed by atoms with Gasteiger partial charge in [-0.2, -0.15) is 0 Å². The van der Waals surface area contributed by atoms with E-state index in [1.54, 1.807) is 25.3 Å². The van der Waals surface area contributed by atoms with Gasteiger partial charge in [-0.15, -0.1) is 17.9 Å². The topological polar surface area (TPSA) is 181 Å². The Morgan fingerprint density at radius 3 is 2.44 bits per heavy atom. The first kappa shape index (κ1) is 38.4. The number of pyridine rings is 1. The molecule has 4 aliphatic rings. The van der Waals surface area contributed by atoms with E-state index in [1.807, 2.05) is 46.1 Å². The minimum Gasteiger partial charge on any atom is -0.497 e. The zero-order valence-corrected chi connectivity index (χ0v) is 32.9. The lowest BCUT2D eigenvalue weighted by Gasteiger charge is -2.35. The Kier molecular flexibility index (Phi) is 10.2. The monoisotopic (exact) mass is 774 g/mol. The molecule has 1 saturated heterocycles. The predicted octanol–water partition coefficient (Wildman–Crippen LogP) is 5.62. The number of nitrogens with one attached hydrogen (secondary N) is 3. The van der Waals surface area contributed by atoms with Crippen molar-refractivity contribution in [3.8, 4) is 22.9 Å². The minimum absolute atomic E-state index is 0.00830. The lowest BCUT2D eigenvalue weighted by molar-refractivity contribution is -0.146. The van der Waals surface area contributed by atoms with E-state index in [0.717, 1.165) is 18.0 Å². The number of methoxy groups -OCH3 is 1. The van der Waals surface area contributed by atoms with Gasteiger partial charge in [-0.05, 0) is 68.9 Å². The number of carboxylic acids is 1. The average Bonchev–Trinajstić information content (AvgIpc) is 3.79. The lowest BCUT2D eigenvalue weighted by atomic mass is 9.85. The Morgan fingerprint density at radius 1 is 1.05 bits per heavy atom. The number of likely N-dealkylation sites (tertiary alicyclic amines) is 1. The van der Waals surface area contributed by atoms with Crippen LogP contribution in [0.2, 0.25) is 0 Å². The highest BCUT2D eigenvalue weighted by atomic mass is 32.1. The molecule has 0 spiro atoms.